The Morgan fingerprint density at radius 3 is 3.00 bits per heavy atom. The number of fused-ring (bicyclic) bond motifs is 1. The number of aromatic nitrogens is 2. The first-order chi connectivity index (χ1) is 11.7. The summed E-state index contributed by atoms with van der Waals surface area (Å²) in [4.78, 5) is 9.08. The molecule has 0 aliphatic heterocycles. The summed E-state index contributed by atoms with van der Waals surface area (Å²) in [5.41, 5.74) is 3.34. The monoisotopic (exact) mass is 335 g/mol. The molecule has 4 rings (SSSR count). The van der Waals surface area contributed by atoms with Gasteiger partial charge in [-0.1, -0.05) is 17.7 Å². The van der Waals surface area contributed by atoms with Crippen LogP contribution in [-0.2, 0) is 12.8 Å². The fourth-order valence-electron chi connectivity index (χ4n) is 3.19. The molecule has 0 amide bonds. The highest BCUT2D eigenvalue weighted by atomic mass is 35.5. The average molecular weight is 336 g/mol. The van der Waals surface area contributed by atoms with E-state index in [-0.39, 0.29) is 5.92 Å². The van der Waals surface area contributed by atoms with Gasteiger partial charge in [0.15, 0.2) is 0 Å². The second-order valence-corrected chi connectivity index (χ2v) is 6.32. The van der Waals surface area contributed by atoms with Crippen LogP contribution in [-0.4, -0.2) is 9.97 Å². The molecule has 2 aromatic heterocycles. The molecule has 0 saturated carbocycles. The van der Waals surface area contributed by atoms with Gasteiger partial charge in [0.1, 0.15) is 11.8 Å². The molecule has 1 aromatic carbocycles. The first-order valence-electron chi connectivity index (χ1n) is 7.84. The minimum absolute atomic E-state index is 0.200. The third-order valence-corrected chi connectivity index (χ3v) is 4.59. The molecule has 1 unspecified atom stereocenters. The molecule has 1 atom stereocenters. The zero-order valence-corrected chi connectivity index (χ0v) is 13.6. The van der Waals surface area contributed by atoms with Crippen LogP contribution in [0.1, 0.15) is 35.1 Å². The Labute approximate surface area is 144 Å². The number of halogens is 1. The molecular formula is C19H14ClN3O. The molecule has 24 heavy (non-hydrogen) atoms. The zero-order chi connectivity index (χ0) is 16.5. The number of benzene rings is 1. The van der Waals surface area contributed by atoms with Crippen molar-refractivity contribution in [2.45, 2.75) is 25.2 Å². The SMILES string of the molecule is N#Cc1cccnc1C1CCc2oc(-c3cccc(Cl)c3)nc2C1. The largest absolute Gasteiger partial charge is 0.441 e. The molecule has 0 bridgehead atoms. The molecule has 4 nitrogen and oxygen atoms in total. The van der Waals surface area contributed by atoms with Gasteiger partial charge in [-0.05, 0) is 36.8 Å². The zero-order valence-electron chi connectivity index (χ0n) is 12.9. The molecule has 0 N–H and O–H groups in total. The minimum Gasteiger partial charge on any atom is -0.441 e. The van der Waals surface area contributed by atoms with Crippen LogP contribution in [0.15, 0.2) is 47.0 Å². The maximum atomic E-state index is 9.29. The van der Waals surface area contributed by atoms with Crippen LogP contribution < -0.4 is 0 Å². The molecule has 5 heteroatoms. The van der Waals surface area contributed by atoms with E-state index in [1.807, 2.05) is 30.3 Å². The van der Waals surface area contributed by atoms with Crippen molar-refractivity contribution in [1.29, 1.82) is 5.26 Å². The van der Waals surface area contributed by atoms with E-state index >= 15 is 0 Å². The van der Waals surface area contributed by atoms with Crippen LogP contribution in [0.5, 0.6) is 0 Å². The lowest BCUT2D eigenvalue weighted by Crippen LogP contribution is -2.14. The van der Waals surface area contributed by atoms with Gasteiger partial charge in [0, 0.05) is 35.5 Å². The number of hydrogen-bond donors (Lipinski definition) is 0. The van der Waals surface area contributed by atoms with Crippen LogP contribution in [0.25, 0.3) is 11.5 Å². The summed E-state index contributed by atoms with van der Waals surface area (Å²) in [7, 11) is 0. The first-order valence-corrected chi connectivity index (χ1v) is 8.22. The molecular weight excluding hydrogens is 322 g/mol. The summed E-state index contributed by atoms with van der Waals surface area (Å²) >= 11 is 6.05. The maximum Gasteiger partial charge on any atom is 0.226 e. The van der Waals surface area contributed by atoms with Gasteiger partial charge in [0.25, 0.3) is 0 Å². The molecule has 2 heterocycles. The minimum atomic E-state index is 0.200. The van der Waals surface area contributed by atoms with Crippen molar-refractivity contribution in [3.8, 4) is 17.5 Å². The van der Waals surface area contributed by atoms with Crippen LogP contribution in [0.3, 0.4) is 0 Å². The maximum absolute atomic E-state index is 9.29. The van der Waals surface area contributed by atoms with Crippen molar-refractivity contribution in [1.82, 2.24) is 9.97 Å². The Bertz CT molecular complexity index is 942. The molecule has 1 aliphatic carbocycles. The van der Waals surface area contributed by atoms with Crippen molar-refractivity contribution < 1.29 is 4.42 Å². The Kier molecular flexibility index (Phi) is 3.79. The summed E-state index contributed by atoms with van der Waals surface area (Å²) in [5, 5.41) is 9.95. The molecule has 0 spiro atoms. The summed E-state index contributed by atoms with van der Waals surface area (Å²) in [6.07, 6.45) is 4.19. The lowest BCUT2D eigenvalue weighted by atomic mass is 9.86. The topological polar surface area (TPSA) is 62.7 Å². The Balaban J connectivity index is 1.66. The van der Waals surface area contributed by atoms with E-state index in [2.05, 4.69) is 16.0 Å². The van der Waals surface area contributed by atoms with E-state index in [0.717, 1.165) is 42.0 Å². The summed E-state index contributed by atoms with van der Waals surface area (Å²) in [6.45, 7) is 0. The van der Waals surface area contributed by atoms with E-state index in [0.29, 0.717) is 16.5 Å². The second kappa shape index (κ2) is 6.10. The number of hydrogen-bond acceptors (Lipinski definition) is 4. The van der Waals surface area contributed by atoms with Gasteiger partial charge in [-0.25, -0.2) is 4.98 Å². The van der Waals surface area contributed by atoms with E-state index in [1.54, 1.807) is 12.3 Å². The van der Waals surface area contributed by atoms with Gasteiger partial charge in [0.2, 0.25) is 5.89 Å². The van der Waals surface area contributed by atoms with Crippen molar-refractivity contribution >= 4 is 11.6 Å². The van der Waals surface area contributed by atoms with Gasteiger partial charge in [-0.2, -0.15) is 5.26 Å². The van der Waals surface area contributed by atoms with Crippen molar-refractivity contribution in [2.75, 3.05) is 0 Å². The lowest BCUT2D eigenvalue weighted by molar-refractivity contribution is 0.461. The van der Waals surface area contributed by atoms with Crippen LogP contribution >= 0.6 is 11.6 Å². The summed E-state index contributed by atoms with van der Waals surface area (Å²) in [6, 6.07) is 13.3. The average Bonchev–Trinajstić information content (AvgIpc) is 3.05. The molecule has 0 saturated heterocycles. The van der Waals surface area contributed by atoms with Crippen LogP contribution in [0.4, 0.5) is 0 Å². The number of nitriles is 1. The van der Waals surface area contributed by atoms with Gasteiger partial charge >= 0.3 is 0 Å². The third-order valence-electron chi connectivity index (χ3n) is 4.36. The fraction of sp³-hybridized carbons (Fsp3) is 0.211. The van der Waals surface area contributed by atoms with Crippen molar-refractivity contribution in [3.63, 3.8) is 0 Å². The molecule has 0 fully saturated rings. The molecule has 1 aliphatic rings. The van der Waals surface area contributed by atoms with Gasteiger partial charge in [-0.15, -0.1) is 0 Å². The Morgan fingerprint density at radius 2 is 2.17 bits per heavy atom. The van der Waals surface area contributed by atoms with Crippen LogP contribution in [0.2, 0.25) is 5.02 Å². The third kappa shape index (κ3) is 2.68. The number of nitrogens with zero attached hydrogens (tertiary/aromatic N) is 3. The number of rotatable bonds is 2. The number of pyridine rings is 1. The highest BCUT2D eigenvalue weighted by molar-refractivity contribution is 6.30. The van der Waals surface area contributed by atoms with E-state index in [9.17, 15) is 5.26 Å². The van der Waals surface area contributed by atoms with Gasteiger partial charge in [-0.3, -0.25) is 4.98 Å². The van der Waals surface area contributed by atoms with Crippen LogP contribution in [0, 0.1) is 11.3 Å². The second-order valence-electron chi connectivity index (χ2n) is 5.89. The number of aryl methyl sites for hydroxylation is 1. The quantitative estimate of drug-likeness (QED) is 0.690. The van der Waals surface area contributed by atoms with Crippen molar-refractivity contribution in [2.24, 2.45) is 0 Å². The number of oxazole rings is 1. The smallest absolute Gasteiger partial charge is 0.226 e. The normalized spacial score (nSPS) is 16.4. The van der Waals surface area contributed by atoms with E-state index in [4.69, 9.17) is 16.0 Å². The summed E-state index contributed by atoms with van der Waals surface area (Å²) in [5.74, 6) is 1.73. The highest BCUT2D eigenvalue weighted by Crippen LogP contribution is 2.35. The summed E-state index contributed by atoms with van der Waals surface area (Å²) < 4.78 is 5.93. The Hall–Kier alpha value is -2.64. The fourth-order valence-corrected chi connectivity index (χ4v) is 3.38. The van der Waals surface area contributed by atoms with Gasteiger partial charge in [0.05, 0.1) is 17.0 Å². The predicted molar refractivity (Wildman–Crippen MR) is 90.7 cm³/mol. The lowest BCUT2D eigenvalue weighted by Gasteiger charge is -2.20. The Morgan fingerprint density at radius 1 is 1.25 bits per heavy atom. The predicted octanol–water partition coefficient (Wildman–Crippen LogP) is 4.53. The first kappa shape index (κ1) is 14.9. The molecule has 0 radical (unpaired) electrons. The van der Waals surface area contributed by atoms with E-state index in [1.165, 1.54) is 0 Å². The molecule has 3 aromatic rings. The highest BCUT2D eigenvalue weighted by Gasteiger charge is 2.27. The van der Waals surface area contributed by atoms with Gasteiger partial charge < -0.3 is 4.42 Å². The van der Waals surface area contributed by atoms with Crippen molar-refractivity contribution in [3.05, 3.63) is 70.3 Å². The molecule has 118 valence electrons. The standard InChI is InChI=1S/C19H14ClN3O/c20-15-5-1-3-13(9-15)19-23-16-10-12(6-7-17(16)24-19)18-14(11-21)4-2-8-22-18/h1-5,8-9,12H,6-7,10H2. The van der Waals surface area contributed by atoms with E-state index < -0.39 is 0 Å².